The van der Waals surface area contributed by atoms with E-state index in [1.807, 2.05) is 27.7 Å². The Hall–Kier alpha value is -0.865. The summed E-state index contributed by atoms with van der Waals surface area (Å²) in [6.07, 6.45) is 2.52. The van der Waals surface area contributed by atoms with E-state index in [0.29, 0.717) is 5.46 Å². The molecule has 0 bridgehead atoms. The molecule has 0 amide bonds. The van der Waals surface area contributed by atoms with Crippen molar-refractivity contribution in [3.05, 3.63) is 24.0 Å². The minimum Gasteiger partial charge on any atom is -0.399 e. The van der Waals surface area contributed by atoms with Gasteiger partial charge < -0.3 is 9.31 Å². The molecule has 2 rings (SSSR count). The summed E-state index contributed by atoms with van der Waals surface area (Å²) in [6, 6.07) is 1.32. The monoisotopic (exact) mass is 254 g/mol. The van der Waals surface area contributed by atoms with Crippen molar-refractivity contribution in [2.75, 3.05) is 0 Å². The molecule has 18 heavy (non-hydrogen) atoms. The molecule has 0 aromatic carbocycles. The summed E-state index contributed by atoms with van der Waals surface area (Å²) >= 11 is 0. The number of rotatable bonds is 2. The molecule has 1 aliphatic rings. The van der Waals surface area contributed by atoms with E-state index in [9.17, 15) is 0 Å². The summed E-state index contributed by atoms with van der Waals surface area (Å²) in [5.41, 5.74) is -1.07. The van der Waals surface area contributed by atoms with Gasteiger partial charge in [0.05, 0.1) is 11.2 Å². The molecule has 2 heterocycles. The van der Waals surface area contributed by atoms with Crippen LogP contribution in [0.25, 0.3) is 0 Å². The third kappa shape index (κ3) is 2.32. The Balaban J connectivity index is 2.49. The summed E-state index contributed by atoms with van der Waals surface area (Å²) in [5, 5.41) is 0. The van der Waals surface area contributed by atoms with E-state index >= 15 is 0 Å². The second kappa shape index (κ2) is 4.35. The predicted octanol–water partition coefficient (Wildman–Crippen LogP) is 2.50. The molecule has 1 saturated heterocycles. The lowest BCUT2D eigenvalue weighted by Crippen LogP contribution is -2.41. The van der Waals surface area contributed by atoms with Crippen molar-refractivity contribution in [2.45, 2.75) is 58.5 Å². The second-order valence-electron chi connectivity index (χ2n) is 5.47. The maximum Gasteiger partial charge on any atom is 0.496 e. The van der Waals surface area contributed by atoms with Crippen molar-refractivity contribution in [1.82, 2.24) is 4.98 Å². The highest BCUT2D eigenvalue weighted by Crippen LogP contribution is 2.36. The smallest absolute Gasteiger partial charge is 0.399 e. The van der Waals surface area contributed by atoms with Crippen molar-refractivity contribution >= 4 is 12.6 Å². The minimum atomic E-state index is -3.06. The molecule has 0 atom stereocenters. The van der Waals surface area contributed by atoms with Crippen LogP contribution in [0.2, 0.25) is 0 Å². The van der Waals surface area contributed by atoms with E-state index in [-0.39, 0.29) is 5.56 Å². The van der Waals surface area contributed by atoms with Crippen LogP contribution in [0.4, 0.5) is 0 Å². The zero-order valence-electron chi connectivity index (χ0n) is 18.1. The summed E-state index contributed by atoms with van der Waals surface area (Å²) in [7, 11) is -0.824. The van der Waals surface area contributed by atoms with Crippen molar-refractivity contribution < 1.29 is 18.9 Å². The fraction of sp³-hybridized carbons (Fsp3) is 0.643. The quantitative estimate of drug-likeness (QED) is 0.760. The highest BCUT2D eigenvalue weighted by Gasteiger charge is 2.51. The molecule has 3 nitrogen and oxygen atoms in total. The average Bonchev–Trinajstić information content (AvgIpc) is 2.64. The summed E-state index contributed by atoms with van der Waals surface area (Å²) < 4.78 is 65.5. The van der Waals surface area contributed by atoms with Crippen molar-refractivity contribution in [2.24, 2.45) is 0 Å². The van der Waals surface area contributed by atoms with Gasteiger partial charge >= 0.3 is 7.12 Å². The molecular formula is C14H22BNO2. The minimum absolute atomic E-state index is 0.222. The van der Waals surface area contributed by atoms with Gasteiger partial charge in [-0.25, -0.2) is 0 Å². The zero-order valence-corrected chi connectivity index (χ0v) is 11.1. The maximum absolute atomic E-state index is 8.24. The SMILES string of the molecule is [2H]C([2H])([2H])C([2H])(c1cncc(B2OC(C)(C)C(C)(C)O2)c1)C([2H])([2H])[2H]. The lowest BCUT2D eigenvalue weighted by atomic mass is 9.79. The first-order valence-electron chi connectivity index (χ1n) is 9.34. The van der Waals surface area contributed by atoms with Gasteiger partial charge in [0.2, 0.25) is 0 Å². The van der Waals surface area contributed by atoms with Crippen molar-refractivity contribution in [3.63, 3.8) is 0 Å². The Morgan fingerprint density at radius 3 is 2.39 bits per heavy atom. The molecular weight excluding hydrogens is 225 g/mol. The first-order valence-corrected chi connectivity index (χ1v) is 5.84. The molecule has 0 aliphatic carbocycles. The van der Waals surface area contributed by atoms with Crippen LogP contribution in [0.3, 0.4) is 0 Å². The molecule has 0 spiro atoms. The van der Waals surface area contributed by atoms with Gasteiger partial charge in [-0.15, -0.1) is 0 Å². The molecule has 0 N–H and O–H groups in total. The molecule has 4 heteroatoms. The lowest BCUT2D eigenvalue weighted by Gasteiger charge is -2.32. The highest BCUT2D eigenvalue weighted by atomic mass is 16.7. The molecule has 1 aliphatic heterocycles. The lowest BCUT2D eigenvalue weighted by molar-refractivity contribution is 0.00578. The average molecular weight is 254 g/mol. The zero-order chi connectivity index (χ0) is 19.5. The van der Waals surface area contributed by atoms with E-state index in [1.165, 1.54) is 12.3 Å². The largest absolute Gasteiger partial charge is 0.496 e. The van der Waals surface area contributed by atoms with Gasteiger partial charge in [-0.3, -0.25) is 4.98 Å². The number of aromatic nitrogens is 1. The molecule has 1 aromatic heterocycles. The van der Waals surface area contributed by atoms with Crippen LogP contribution in [-0.2, 0) is 9.31 Å². The fourth-order valence-corrected chi connectivity index (χ4v) is 1.70. The predicted molar refractivity (Wildman–Crippen MR) is 74.0 cm³/mol. The molecule has 0 radical (unpaired) electrons. The maximum atomic E-state index is 8.24. The summed E-state index contributed by atoms with van der Waals surface area (Å²) in [4.78, 5) is 3.94. The first-order chi connectivity index (χ1) is 11.0. The fourth-order valence-electron chi connectivity index (χ4n) is 1.70. The Kier molecular flexibility index (Phi) is 1.71. The molecule has 1 aromatic rings. The van der Waals surface area contributed by atoms with E-state index < -0.39 is 37.9 Å². The molecule has 1 fully saturated rings. The topological polar surface area (TPSA) is 31.4 Å². The van der Waals surface area contributed by atoms with Gasteiger partial charge in [0.15, 0.2) is 0 Å². The third-order valence-corrected chi connectivity index (χ3v) is 3.57. The number of hydrogen-bond acceptors (Lipinski definition) is 3. The number of nitrogens with zero attached hydrogens (tertiary/aromatic N) is 1. The normalized spacial score (nSPS) is 29.3. The van der Waals surface area contributed by atoms with Gasteiger partial charge in [-0.2, -0.15) is 0 Å². The Labute approximate surface area is 120 Å². The van der Waals surface area contributed by atoms with Crippen LogP contribution in [0.5, 0.6) is 0 Å². The van der Waals surface area contributed by atoms with Gasteiger partial charge in [0.25, 0.3) is 0 Å². The van der Waals surface area contributed by atoms with Crippen LogP contribution < -0.4 is 5.46 Å². The van der Waals surface area contributed by atoms with Crippen molar-refractivity contribution in [1.29, 1.82) is 0 Å². The Morgan fingerprint density at radius 1 is 1.22 bits per heavy atom. The Morgan fingerprint density at radius 2 is 1.83 bits per heavy atom. The van der Waals surface area contributed by atoms with E-state index in [4.69, 9.17) is 18.9 Å². The second-order valence-corrected chi connectivity index (χ2v) is 5.47. The van der Waals surface area contributed by atoms with Crippen LogP contribution in [0.1, 0.15) is 62.5 Å². The van der Waals surface area contributed by atoms with Gasteiger partial charge in [0, 0.05) is 27.5 Å². The molecule has 0 saturated carbocycles. The molecule has 0 unspecified atom stereocenters. The van der Waals surface area contributed by atoms with Crippen LogP contribution in [0, 0.1) is 0 Å². The number of pyridine rings is 1. The van der Waals surface area contributed by atoms with E-state index in [1.54, 1.807) is 0 Å². The van der Waals surface area contributed by atoms with Crippen molar-refractivity contribution in [3.8, 4) is 0 Å². The third-order valence-electron chi connectivity index (χ3n) is 3.57. The molecule has 98 valence electrons. The van der Waals surface area contributed by atoms with Gasteiger partial charge in [0.1, 0.15) is 0 Å². The van der Waals surface area contributed by atoms with Crippen LogP contribution >= 0.6 is 0 Å². The van der Waals surface area contributed by atoms with Gasteiger partial charge in [-0.1, -0.05) is 19.8 Å². The van der Waals surface area contributed by atoms with E-state index in [0.717, 1.165) is 6.20 Å². The van der Waals surface area contributed by atoms with Gasteiger partial charge in [-0.05, 0) is 39.2 Å². The Bertz CT molecular complexity index is 627. The van der Waals surface area contributed by atoms with Crippen LogP contribution in [-0.4, -0.2) is 23.3 Å². The van der Waals surface area contributed by atoms with E-state index in [2.05, 4.69) is 4.98 Å². The highest BCUT2D eigenvalue weighted by molar-refractivity contribution is 6.62. The first kappa shape index (κ1) is 7.06. The summed E-state index contributed by atoms with van der Waals surface area (Å²) in [6.45, 7) is 1.34. The standard InChI is InChI=1S/C14H22BNO2/c1-10(2)11-7-12(9-16-8-11)15-17-13(3,4)14(5,6)18-15/h7-10H,1-6H3/i1D3,2D3,10D. The number of hydrogen-bond donors (Lipinski definition) is 0. The summed E-state index contributed by atoms with van der Waals surface area (Å²) in [5.74, 6) is -2.80. The van der Waals surface area contributed by atoms with Crippen LogP contribution in [0.15, 0.2) is 18.5 Å².